The maximum atomic E-state index is 11.9. The summed E-state index contributed by atoms with van der Waals surface area (Å²) in [5.74, 6) is -0.137. The molecular formula is C16H20N2O. The predicted octanol–water partition coefficient (Wildman–Crippen LogP) is 2.84. The van der Waals surface area contributed by atoms with Gasteiger partial charge in [-0.1, -0.05) is 51.1 Å². The molecule has 0 saturated carbocycles. The number of hydrogen-bond donors (Lipinski definition) is 1. The van der Waals surface area contributed by atoms with Crippen molar-refractivity contribution in [2.75, 3.05) is 6.54 Å². The van der Waals surface area contributed by atoms with Gasteiger partial charge in [0.1, 0.15) is 11.6 Å². The van der Waals surface area contributed by atoms with E-state index >= 15 is 0 Å². The highest BCUT2D eigenvalue weighted by atomic mass is 16.1. The smallest absolute Gasteiger partial charge is 0.180 e. The number of ketones is 1. The van der Waals surface area contributed by atoms with Gasteiger partial charge >= 0.3 is 0 Å². The van der Waals surface area contributed by atoms with E-state index in [-0.39, 0.29) is 11.4 Å². The van der Waals surface area contributed by atoms with Gasteiger partial charge in [0.15, 0.2) is 5.78 Å². The molecule has 1 aromatic rings. The lowest BCUT2D eigenvalue weighted by Crippen LogP contribution is -2.23. The molecule has 3 heteroatoms. The Kier molecular flexibility index (Phi) is 5.32. The van der Waals surface area contributed by atoms with E-state index in [2.05, 4.69) is 17.4 Å². The fourth-order valence-electron chi connectivity index (χ4n) is 1.59. The summed E-state index contributed by atoms with van der Waals surface area (Å²) < 4.78 is 0. The largest absolute Gasteiger partial charge is 0.389 e. The number of rotatable bonds is 5. The molecular weight excluding hydrogens is 236 g/mol. The lowest BCUT2D eigenvalue weighted by Gasteiger charge is -2.15. The van der Waals surface area contributed by atoms with Crippen molar-refractivity contribution in [3.8, 4) is 6.07 Å². The van der Waals surface area contributed by atoms with Crippen LogP contribution in [0.25, 0.3) is 0 Å². The minimum absolute atomic E-state index is 0.137. The molecule has 0 aliphatic carbocycles. The zero-order chi connectivity index (χ0) is 14.3. The lowest BCUT2D eigenvalue weighted by molar-refractivity contribution is -0.122. The molecule has 19 heavy (non-hydrogen) atoms. The van der Waals surface area contributed by atoms with Crippen LogP contribution in [-0.2, 0) is 11.2 Å². The Hall–Kier alpha value is -2.08. The van der Waals surface area contributed by atoms with Gasteiger partial charge in [-0.2, -0.15) is 5.26 Å². The third kappa shape index (κ3) is 4.97. The van der Waals surface area contributed by atoms with Gasteiger partial charge in [-0.15, -0.1) is 0 Å². The number of Topliss-reactive ketones (excluding diaryl/α,β-unsaturated/α-hetero) is 1. The van der Waals surface area contributed by atoms with E-state index in [0.717, 1.165) is 6.42 Å². The van der Waals surface area contributed by atoms with Crippen molar-refractivity contribution in [2.24, 2.45) is 5.41 Å². The second kappa shape index (κ2) is 6.75. The fraction of sp³-hybridized carbons (Fsp3) is 0.375. The van der Waals surface area contributed by atoms with Crippen LogP contribution in [0.4, 0.5) is 0 Å². The molecule has 0 spiro atoms. The van der Waals surface area contributed by atoms with Gasteiger partial charge in [-0.05, 0) is 12.0 Å². The molecule has 0 amide bonds. The van der Waals surface area contributed by atoms with Crippen LogP contribution in [0.2, 0.25) is 0 Å². The fourth-order valence-corrected chi connectivity index (χ4v) is 1.59. The highest BCUT2D eigenvalue weighted by Crippen LogP contribution is 2.18. The molecule has 0 radical (unpaired) electrons. The van der Waals surface area contributed by atoms with E-state index in [1.165, 1.54) is 11.8 Å². The second-order valence-corrected chi connectivity index (χ2v) is 5.44. The normalized spacial score (nSPS) is 11.8. The first-order valence-electron chi connectivity index (χ1n) is 6.37. The maximum Gasteiger partial charge on any atom is 0.180 e. The highest BCUT2D eigenvalue weighted by molar-refractivity contribution is 6.02. The standard InChI is InChI=1S/C16H20N2O/c1-16(2,3)15(19)14(11-17)12-18-10-9-13-7-5-4-6-8-13/h4-8,12,18H,9-10H2,1-3H3/b14-12+. The molecule has 1 aromatic carbocycles. The number of carbonyl (C=O) groups is 1. The molecule has 0 aliphatic rings. The Morgan fingerprint density at radius 2 is 1.95 bits per heavy atom. The van der Waals surface area contributed by atoms with Crippen molar-refractivity contribution in [2.45, 2.75) is 27.2 Å². The van der Waals surface area contributed by atoms with Crippen LogP contribution in [0.3, 0.4) is 0 Å². The van der Waals surface area contributed by atoms with Crippen molar-refractivity contribution >= 4 is 5.78 Å². The van der Waals surface area contributed by atoms with Crippen LogP contribution >= 0.6 is 0 Å². The van der Waals surface area contributed by atoms with Crippen LogP contribution in [0, 0.1) is 16.7 Å². The molecule has 0 heterocycles. The quantitative estimate of drug-likeness (QED) is 0.500. The third-order valence-electron chi connectivity index (χ3n) is 2.69. The minimum atomic E-state index is -0.525. The van der Waals surface area contributed by atoms with Crippen molar-refractivity contribution < 1.29 is 4.79 Å². The van der Waals surface area contributed by atoms with Gasteiger partial charge in [0.2, 0.25) is 0 Å². The molecule has 1 N–H and O–H groups in total. The van der Waals surface area contributed by atoms with E-state index < -0.39 is 5.41 Å². The van der Waals surface area contributed by atoms with Gasteiger partial charge in [-0.25, -0.2) is 0 Å². The summed E-state index contributed by atoms with van der Waals surface area (Å²) in [5, 5.41) is 12.0. The molecule has 3 nitrogen and oxygen atoms in total. The number of allylic oxidation sites excluding steroid dienone is 1. The first kappa shape index (κ1) is 15.0. The average Bonchev–Trinajstić information content (AvgIpc) is 2.38. The second-order valence-electron chi connectivity index (χ2n) is 5.44. The molecule has 0 aromatic heterocycles. The number of nitrogens with zero attached hydrogens (tertiary/aromatic N) is 1. The topological polar surface area (TPSA) is 52.9 Å². The minimum Gasteiger partial charge on any atom is -0.389 e. The molecule has 100 valence electrons. The number of nitriles is 1. The number of carbonyl (C=O) groups excluding carboxylic acids is 1. The Bertz CT molecular complexity index is 490. The highest BCUT2D eigenvalue weighted by Gasteiger charge is 2.24. The predicted molar refractivity (Wildman–Crippen MR) is 76.3 cm³/mol. The summed E-state index contributed by atoms with van der Waals surface area (Å²) in [6.45, 7) is 6.13. The van der Waals surface area contributed by atoms with E-state index in [9.17, 15) is 4.79 Å². The summed E-state index contributed by atoms with van der Waals surface area (Å²) >= 11 is 0. The summed E-state index contributed by atoms with van der Waals surface area (Å²) in [7, 11) is 0. The van der Waals surface area contributed by atoms with E-state index in [4.69, 9.17) is 5.26 Å². The van der Waals surface area contributed by atoms with Gasteiger partial charge in [-0.3, -0.25) is 4.79 Å². The monoisotopic (exact) mass is 256 g/mol. The Balaban J connectivity index is 2.51. The first-order chi connectivity index (χ1) is 8.95. The van der Waals surface area contributed by atoms with Crippen LogP contribution in [0.5, 0.6) is 0 Å². The van der Waals surface area contributed by atoms with E-state index in [1.807, 2.05) is 45.0 Å². The number of benzene rings is 1. The molecule has 1 rings (SSSR count). The van der Waals surface area contributed by atoms with E-state index in [1.54, 1.807) is 0 Å². The van der Waals surface area contributed by atoms with Crippen LogP contribution in [0.1, 0.15) is 26.3 Å². The molecule has 0 bridgehead atoms. The Morgan fingerprint density at radius 3 is 2.47 bits per heavy atom. The Morgan fingerprint density at radius 1 is 1.32 bits per heavy atom. The summed E-state index contributed by atoms with van der Waals surface area (Å²) in [5.41, 5.74) is 0.882. The SMILES string of the molecule is CC(C)(C)C(=O)/C(C#N)=C/NCCc1ccccc1. The van der Waals surface area contributed by atoms with Crippen molar-refractivity contribution in [1.82, 2.24) is 5.32 Å². The van der Waals surface area contributed by atoms with Crippen molar-refractivity contribution in [3.63, 3.8) is 0 Å². The average molecular weight is 256 g/mol. The molecule has 0 atom stereocenters. The third-order valence-corrected chi connectivity index (χ3v) is 2.69. The van der Waals surface area contributed by atoms with Gasteiger partial charge in [0.05, 0.1) is 0 Å². The van der Waals surface area contributed by atoms with E-state index in [0.29, 0.717) is 6.54 Å². The number of hydrogen-bond acceptors (Lipinski definition) is 3. The van der Waals surface area contributed by atoms with Crippen molar-refractivity contribution in [1.29, 1.82) is 5.26 Å². The maximum absolute atomic E-state index is 11.9. The van der Waals surface area contributed by atoms with Crippen LogP contribution < -0.4 is 5.32 Å². The van der Waals surface area contributed by atoms with Crippen LogP contribution in [-0.4, -0.2) is 12.3 Å². The zero-order valence-electron chi connectivity index (χ0n) is 11.7. The number of nitrogens with one attached hydrogen (secondary N) is 1. The van der Waals surface area contributed by atoms with Gasteiger partial charge in [0.25, 0.3) is 0 Å². The van der Waals surface area contributed by atoms with Crippen LogP contribution in [0.15, 0.2) is 42.1 Å². The summed E-state index contributed by atoms with van der Waals surface area (Å²) in [4.78, 5) is 11.9. The summed E-state index contributed by atoms with van der Waals surface area (Å²) in [6.07, 6.45) is 2.39. The van der Waals surface area contributed by atoms with Gasteiger partial charge in [0, 0.05) is 18.2 Å². The summed E-state index contributed by atoms with van der Waals surface area (Å²) in [6, 6.07) is 12.0. The zero-order valence-corrected chi connectivity index (χ0v) is 11.7. The van der Waals surface area contributed by atoms with Gasteiger partial charge < -0.3 is 5.32 Å². The molecule has 0 fully saturated rings. The first-order valence-corrected chi connectivity index (χ1v) is 6.37. The lowest BCUT2D eigenvalue weighted by atomic mass is 9.87. The molecule has 0 unspecified atom stereocenters. The Labute approximate surface area is 114 Å². The molecule has 0 aliphatic heterocycles. The van der Waals surface area contributed by atoms with Crippen molar-refractivity contribution in [3.05, 3.63) is 47.7 Å². The molecule has 0 saturated heterocycles.